The second-order valence-electron chi connectivity index (χ2n) is 4.42. The van der Waals surface area contributed by atoms with E-state index in [0.717, 1.165) is 6.42 Å². The Labute approximate surface area is 104 Å². The molecule has 0 amide bonds. The van der Waals surface area contributed by atoms with Crippen LogP contribution in [0.5, 0.6) is 0 Å². The number of benzene rings is 1. The smallest absolute Gasteiger partial charge is 0.0700 e. The second-order valence-corrected chi connectivity index (χ2v) is 4.42. The average Bonchev–Trinajstić information content (AvgIpc) is 2.27. The zero-order valence-corrected chi connectivity index (χ0v) is 11.0. The monoisotopic (exact) mass is 237 g/mol. The topological polar surface area (TPSA) is 44.5 Å². The highest BCUT2D eigenvalue weighted by molar-refractivity contribution is 5.30. The van der Waals surface area contributed by atoms with E-state index >= 15 is 0 Å². The Bertz CT molecular complexity index is 319. The zero-order valence-electron chi connectivity index (χ0n) is 11.0. The van der Waals surface area contributed by atoms with Crippen molar-refractivity contribution in [2.45, 2.75) is 26.3 Å². The minimum Gasteiger partial charge on any atom is -0.382 e. The Balaban J connectivity index is 2.38. The minimum absolute atomic E-state index is 0.0520. The number of nitrogens with two attached hydrogens (primary N) is 1. The van der Waals surface area contributed by atoms with Gasteiger partial charge in [-0.2, -0.15) is 0 Å². The van der Waals surface area contributed by atoms with Crippen LogP contribution in [0, 0.1) is 13.8 Å². The molecule has 0 radical (unpaired) electrons. The summed E-state index contributed by atoms with van der Waals surface area (Å²) in [6.45, 7) is 6.14. The summed E-state index contributed by atoms with van der Waals surface area (Å²) >= 11 is 0. The van der Waals surface area contributed by atoms with Crippen LogP contribution >= 0.6 is 0 Å². The third-order valence-electron chi connectivity index (χ3n) is 2.68. The van der Waals surface area contributed by atoms with Crippen molar-refractivity contribution in [1.29, 1.82) is 0 Å². The summed E-state index contributed by atoms with van der Waals surface area (Å²) in [6, 6.07) is 6.50. The van der Waals surface area contributed by atoms with Crippen LogP contribution in [0.15, 0.2) is 18.2 Å². The van der Waals surface area contributed by atoms with Crippen molar-refractivity contribution in [2.24, 2.45) is 5.73 Å². The van der Waals surface area contributed by atoms with Crippen LogP contribution in [-0.4, -0.2) is 26.9 Å². The van der Waals surface area contributed by atoms with Gasteiger partial charge < -0.3 is 15.2 Å². The van der Waals surface area contributed by atoms with Crippen LogP contribution in [0.4, 0.5) is 0 Å². The van der Waals surface area contributed by atoms with Crippen LogP contribution < -0.4 is 5.73 Å². The molecule has 0 aromatic heterocycles. The highest BCUT2D eigenvalue weighted by atomic mass is 16.5. The van der Waals surface area contributed by atoms with Crippen molar-refractivity contribution < 1.29 is 9.47 Å². The third-order valence-corrected chi connectivity index (χ3v) is 2.68. The standard InChI is InChI=1S/C14H23NO2/c1-11-8-12(2)10-13(9-11)14(15)4-5-17-7-6-16-3/h8-10,14H,4-7,15H2,1-3H3. The Hall–Kier alpha value is -0.900. The molecule has 96 valence electrons. The van der Waals surface area contributed by atoms with Crippen molar-refractivity contribution in [3.8, 4) is 0 Å². The predicted octanol–water partition coefficient (Wildman–Crippen LogP) is 2.36. The molecule has 0 aliphatic carbocycles. The van der Waals surface area contributed by atoms with Crippen LogP contribution in [0.3, 0.4) is 0 Å². The van der Waals surface area contributed by atoms with Crippen molar-refractivity contribution >= 4 is 0 Å². The SMILES string of the molecule is COCCOCCC(N)c1cc(C)cc(C)c1. The number of rotatable bonds is 7. The van der Waals surface area contributed by atoms with E-state index in [4.69, 9.17) is 15.2 Å². The molecule has 1 aromatic carbocycles. The summed E-state index contributed by atoms with van der Waals surface area (Å²) in [5.74, 6) is 0. The van der Waals surface area contributed by atoms with E-state index in [9.17, 15) is 0 Å². The first-order chi connectivity index (χ1) is 8.13. The fourth-order valence-corrected chi connectivity index (χ4v) is 1.85. The summed E-state index contributed by atoms with van der Waals surface area (Å²) in [5.41, 5.74) is 9.85. The molecule has 1 aromatic rings. The van der Waals surface area contributed by atoms with Crippen molar-refractivity contribution in [2.75, 3.05) is 26.9 Å². The second kappa shape index (κ2) is 7.43. The van der Waals surface area contributed by atoms with Crippen LogP contribution in [0.25, 0.3) is 0 Å². The molecule has 0 aliphatic rings. The van der Waals surface area contributed by atoms with Gasteiger partial charge in [-0.1, -0.05) is 29.3 Å². The highest BCUT2D eigenvalue weighted by Gasteiger charge is 2.06. The Morgan fingerprint density at radius 2 is 1.71 bits per heavy atom. The molecule has 0 saturated carbocycles. The minimum atomic E-state index is 0.0520. The first-order valence-electron chi connectivity index (χ1n) is 6.04. The maximum atomic E-state index is 6.14. The van der Waals surface area contributed by atoms with E-state index in [0.29, 0.717) is 19.8 Å². The van der Waals surface area contributed by atoms with Gasteiger partial charge in [-0.3, -0.25) is 0 Å². The average molecular weight is 237 g/mol. The Morgan fingerprint density at radius 3 is 2.29 bits per heavy atom. The largest absolute Gasteiger partial charge is 0.382 e. The molecule has 0 heterocycles. The highest BCUT2D eigenvalue weighted by Crippen LogP contribution is 2.17. The van der Waals surface area contributed by atoms with E-state index in [1.54, 1.807) is 7.11 Å². The summed E-state index contributed by atoms with van der Waals surface area (Å²) in [6.07, 6.45) is 0.840. The zero-order chi connectivity index (χ0) is 12.7. The number of methoxy groups -OCH3 is 1. The summed E-state index contributed by atoms with van der Waals surface area (Å²) < 4.78 is 10.3. The Morgan fingerprint density at radius 1 is 1.06 bits per heavy atom. The third kappa shape index (κ3) is 5.31. The molecule has 2 N–H and O–H groups in total. The van der Waals surface area contributed by atoms with Crippen LogP contribution in [0.1, 0.15) is 29.2 Å². The number of ether oxygens (including phenoxy) is 2. The lowest BCUT2D eigenvalue weighted by atomic mass is 10.0. The molecule has 0 saturated heterocycles. The summed E-state index contributed by atoms with van der Waals surface area (Å²) in [5, 5.41) is 0. The first-order valence-corrected chi connectivity index (χ1v) is 6.04. The van der Waals surface area contributed by atoms with Crippen LogP contribution in [-0.2, 0) is 9.47 Å². The normalized spacial score (nSPS) is 12.7. The summed E-state index contributed by atoms with van der Waals surface area (Å²) in [4.78, 5) is 0. The van der Waals surface area contributed by atoms with Gasteiger partial charge in [0, 0.05) is 19.8 Å². The van der Waals surface area contributed by atoms with Gasteiger partial charge >= 0.3 is 0 Å². The quantitative estimate of drug-likeness (QED) is 0.740. The van der Waals surface area contributed by atoms with Gasteiger partial charge in [-0.05, 0) is 25.8 Å². The van der Waals surface area contributed by atoms with Gasteiger partial charge in [0.1, 0.15) is 0 Å². The number of hydrogen-bond donors (Lipinski definition) is 1. The Kier molecular flexibility index (Phi) is 6.19. The molecular formula is C14H23NO2. The van der Waals surface area contributed by atoms with Gasteiger partial charge in [0.2, 0.25) is 0 Å². The fourth-order valence-electron chi connectivity index (χ4n) is 1.85. The van der Waals surface area contributed by atoms with E-state index in [1.807, 2.05) is 0 Å². The van der Waals surface area contributed by atoms with Gasteiger partial charge in [0.25, 0.3) is 0 Å². The molecule has 0 aliphatic heterocycles. The first kappa shape index (κ1) is 14.2. The van der Waals surface area contributed by atoms with E-state index < -0.39 is 0 Å². The van der Waals surface area contributed by atoms with Gasteiger partial charge in [-0.25, -0.2) is 0 Å². The molecule has 0 bridgehead atoms. The maximum Gasteiger partial charge on any atom is 0.0700 e. The van der Waals surface area contributed by atoms with E-state index in [-0.39, 0.29) is 6.04 Å². The molecular weight excluding hydrogens is 214 g/mol. The molecule has 3 nitrogen and oxygen atoms in total. The van der Waals surface area contributed by atoms with Crippen molar-refractivity contribution in [3.63, 3.8) is 0 Å². The molecule has 1 rings (SSSR count). The lowest BCUT2D eigenvalue weighted by molar-refractivity contribution is 0.0672. The lowest BCUT2D eigenvalue weighted by Gasteiger charge is -2.14. The summed E-state index contributed by atoms with van der Waals surface area (Å²) in [7, 11) is 1.67. The van der Waals surface area contributed by atoms with Crippen molar-refractivity contribution in [3.05, 3.63) is 34.9 Å². The van der Waals surface area contributed by atoms with Gasteiger partial charge in [0.05, 0.1) is 13.2 Å². The number of hydrogen-bond acceptors (Lipinski definition) is 3. The molecule has 0 spiro atoms. The lowest BCUT2D eigenvalue weighted by Crippen LogP contribution is -2.14. The van der Waals surface area contributed by atoms with Crippen molar-refractivity contribution in [1.82, 2.24) is 0 Å². The van der Waals surface area contributed by atoms with Gasteiger partial charge in [-0.15, -0.1) is 0 Å². The van der Waals surface area contributed by atoms with Crippen LogP contribution in [0.2, 0.25) is 0 Å². The van der Waals surface area contributed by atoms with E-state index in [2.05, 4.69) is 32.0 Å². The molecule has 17 heavy (non-hydrogen) atoms. The van der Waals surface area contributed by atoms with Gasteiger partial charge in [0.15, 0.2) is 0 Å². The molecule has 1 unspecified atom stereocenters. The van der Waals surface area contributed by atoms with E-state index in [1.165, 1.54) is 16.7 Å². The number of aryl methyl sites for hydroxylation is 2. The fraction of sp³-hybridized carbons (Fsp3) is 0.571. The molecule has 0 fully saturated rings. The molecule has 3 heteroatoms. The molecule has 1 atom stereocenters. The predicted molar refractivity (Wildman–Crippen MR) is 70.2 cm³/mol. The maximum absolute atomic E-state index is 6.14.